The molecule has 0 radical (unpaired) electrons. The van der Waals surface area contributed by atoms with E-state index in [-0.39, 0.29) is 19.0 Å². The van der Waals surface area contributed by atoms with E-state index in [1.165, 1.54) is 6.20 Å². The van der Waals surface area contributed by atoms with Crippen molar-refractivity contribution in [1.29, 1.82) is 5.26 Å². The zero-order chi connectivity index (χ0) is 27.0. The molecule has 0 amide bonds. The van der Waals surface area contributed by atoms with Gasteiger partial charge in [0.15, 0.2) is 0 Å². The van der Waals surface area contributed by atoms with E-state index >= 15 is 0 Å². The van der Waals surface area contributed by atoms with Crippen LogP contribution in [-0.2, 0) is 0 Å². The number of nitrogens with zero attached hydrogens (tertiary/aromatic N) is 4. The lowest BCUT2D eigenvalue weighted by molar-refractivity contribution is 0.336. The molecule has 0 bridgehead atoms. The van der Waals surface area contributed by atoms with Crippen molar-refractivity contribution in [3.05, 3.63) is 65.3 Å². The van der Waals surface area contributed by atoms with Crippen LogP contribution in [0, 0.1) is 18.3 Å². The van der Waals surface area contributed by atoms with E-state index in [1.54, 1.807) is 24.5 Å². The maximum Gasteiger partial charge on any atom is 0.134 e. The van der Waals surface area contributed by atoms with E-state index in [9.17, 15) is 5.26 Å². The van der Waals surface area contributed by atoms with E-state index in [0.717, 1.165) is 27.1 Å². The molecule has 0 saturated carbocycles. The Morgan fingerprint density at radius 2 is 2.00 bits per heavy atom. The number of amidine groups is 1. The summed E-state index contributed by atoms with van der Waals surface area (Å²) < 4.78 is 6.19. The van der Waals surface area contributed by atoms with Crippen molar-refractivity contribution >= 4 is 30.1 Å². The molecule has 9 heteroatoms. The highest BCUT2D eigenvalue weighted by Gasteiger charge is 2.23. The van der Waals surface area contributed by atoms with Gasteiger partial charge >= 0.3 is 0 Å². The van der Waals surface area contributed by atoms with Crippen molar-refractivity contribution in [2.75, 3.05) is 19.9 Å². The zero-order valence-electron chi connectivity index (χ0n) is 22.1. The molecule has 7 nitrogen and oxygen atoms in total. The molecule has 1 aromatic heterocycles. The van der Waals surface area contributed by atoms with Gasteiger partial charge < -0.3 is 16.2 Å². The summed E-state index contributed by atoms with van der Waals surface area (Å²) in [5, 5.41) is 10.1. The van der Waals surface area contributed by atoms with Crippen LogP contribution in [0.1, 0.15) is 50.4 Å². The molecule has 4 N–H and O–H groups in total. The monoisotopic (exact) mass is 522 g/mol. The molecule has 0 aliphatic carbocycles. The number of hydrogen-bond donors (Lipinski definition) is 2. The highest BCUT2D eigenvalue weighted by molar-refractivity contribution is 8.55. The van der Waals surface area contributed by atoms with E-state index in [1.807, 2.05) is 40.0 Å². The lowest BCUT2D eigenvalue weighted by atomic mass is 9.91. The predicted octanol–water partition coefficient (Wildman–Crippen LogP) is 6.33. The minimum atomic E-state index is -0.313. The highest BCUT2D eigenvalue weighted by Crippen LogP contribution is 2.48. The number of hydrogen-bond acceptors (Lipinski definition) is 7. The molecule has 0 aliphatic heterocycles. The fraction of sp³-hybridized carbons (Fsp3) is 0.333. The Balaban J connectivity index is 2.78. The summed E-state index contributed by atoms with van der Waals surface area (Å²) >= 11 is 1.79. The van der Waals surface area contributed by atoms with Gasteiger partial charge in [0, 0.05) is 51.6 Å². The lowest BCUT2D eigenvalue weighted by Gasteiger charge is -2.21. The summed E-state index contributed by atoms with van der Waals surface area (Å²) in [5.74, 6) is 0.887. The normalized spacial score (nSPS) is 13.8. The van der Waals surface area contributed by atoms with Crippen LogP contribution in [0.25, 0.3) is 11.1 Å². The van der Waals surface area contributed by atoms with Crippen LogP contribution in [0.5, 0.6) is 5.75 Å². The van der Waals surface area contributed by atoms with Gasteiger partial charge in [0.1, 0.15) is 17.7 Å². The van der Waals surface area contributed by atoms with Crippen molar-refractivity contribution in [1.82, 2.24) is 4.98 Å². The van der Waals surface area contributed by atoms with Gasteiger partial charge in [-0.2, -0.15) is 5.26 Å². The maximum atomic E-state index is 10.1. The first-order valence-electron chi connectivity index (χ1n) is 11.5. The number of allylic oxidation sites excluding steroid dienone is 1. The van der Waals surface area contributed by atoms with Gasteiger partial charge in [0.2, 0.25) is 0 Å². The second-order valence-corrected chi connectivity index (χ2v) is 13.4. The van der Waals surface area contributed by atoms with Crippen LogP contribution in [0.4, 0.5) is 0 Å². The smallest absolute Gasteiger partial charge is 0.134 e. The molecule has 0 fully saturated rings. The van der Waals surface area contributed by atoms with E-state index in [2.05, 4.69) is 42.0 Å². The summed E-state index contributed by atoms with van der Waals surface area (Å²) in [6, 6.07) is 6.11. The SMILES string of the molecule is C=CN=C(N)C(C(C)=NC(C)c1cc(C)c(C#N)c(-c2cncc(SP(C)C)c2)c1OCC)=C(C)N. The maximum absolute atomic E-state index is 10.1. The summed E-state index contributed by atoms with van der Waals surface area (Å²) in [6.07, 6.45) is 5.01. The van der Waals surface area contributed by atoms with Crippen LogP contribution < -0.4 is 16.2 Å². The van der Waals surface area contributed by atoms with E-state index in [4.69, 9.17) is 21.2 Å². The standard InChI is InChI=1S/C27H35N6OPS/c1-9-32-27(30)24(17(4)29)19(6)33-18(5)22-11-16(3)23(13-28)25(26(22)34-10-2)20-12-21(15-31-14-20)36-35(7)8/h9,11-12,14-15,18H,1,10,29H2,2-8H3,(H2,30,32). The molecular formula is C27H35N6OPS. The number of rotatable bonds is 10. The number of benzene rings is 1. The average molecular weight is 523 g/mol. The Hall–Kier alpha value is -3.14. The number of nitrogens with two attached hydrogens (primary N) is 2. The fourth-order valence-corrected chi connectivity index (χ4v) is 6.21. The molecule has 0 saturated heterocycles. The van der Waals surface area contributed by atoms with Gasteiger partial charge in [-0.15, -0.1) is 0 Å². The first-order valence-corrected chi connectivity index (χ1v) is 15.2. The molecule has 1 atom stereocenters. The Kier molecular flexibility index (Phi) is 10.7. The molecule has 1 heterocycles. The van der Waals surface area contributed by atoms with Crippen molar-refractivity contribution < 1.29 is 4.74 Å². The second kappa shape index (κ2) is 13.2. The Morgan fingerprint density at radius 3 is 2.56 bits per heavy atom. The number of pyridine rings is 1. The van der Waals surface area contributed by atoms with Crippen molar-refractivity contribution in [2.24, 2.45) is 21.5 Å². The molecule has 0 spiro atoms. The van der Waals surface area contributed by atoms with Gasteiger partial charge in [0.25, 0.3) is 0 Å². The minimum Gasteiger partial charge on any atom is -0.493 e. The van der Waals surface area contributed by atoms with Gasteiger partial charge in [-0.25, -0.2) is 4.99 Å². The Labute approximate surface area is 220 Å². The number of aromatic nitrogens is 1. The average Bonchev–Trinajstić information content (AvgIpc) is 2.79. The predicted molar refractivity (Wildman–Crippen MR) is 155 cm³/mol. The van der Waals surface area contributed by atoms with Crippen molar-refractivity contribution in [3.8, 4) is 22.9 Å². The van der Waals surface area contributed by atoms with E-state index in [0.29, 0.717) is 34.9 Å². The topological polar surface area (TPSA) is 123 Å². The number of aliphatic imine (C=N–C) groups is 2. The first kappa shape index (κ1) is 29.1. The van der Waals surface area contributed by atoms with Crippen LogP contribution in [0.3, 0.4) is 0 Å². The third-order valence-corrected chi connectivity index (χ3v) is 7.80. The van der Waals surface area contributed by atoms with Crippen molar-refractivity contribution in [2.45, 2.75) is 45.6 Å². The van der Waals surface area contributed by atoms with Crippen molar-refractivity contribution in [3.63, 3.8) is 0 Å². The number of aryl methyl sites for hydroxylation is 1. The third-order valence-electron chi connectivity index (χ3n) is 5.28. The molecule has 2 rings (SSSR count). The summed E-state index contributed by atoms with van der Waals surface area (Å²) in [4.78, 5) is 14.5. The molecule has 2 aromatic rings. The number of ether oxygens (including phenoxy) is 1. The lowest BCUT2D eigenvalue weighted by Crippen LogP contribution is -2.23. The molecule has 1 unspecified atom stereocenters. The van der Waals surface area contributed by atoms with Gasteiger partial charge in [-0.05, 0) is 72.8 Å². The molecule has 190 valence electrons. The highest BCUT2D eigenvalue weighted by atomic mass is 32.7. The van der Waals surface area contributed by atoms with E-state index < -0.39 is 0 Å². The Morgan fingerprint density at radius 1 is 1.31 bits per heavy atom. The quantitative estimate of drug-likeness (QED) is 0.213. The Bertz CT molecular complexity index is 1260. The summed E-state index contributed by atoms with van der Waals surface area (Å²) in [5.41, 5.74) is 17.8. The minimum absolute atomic E-state index is 0.215. The first-order chi connectivity index (χ1) is 17.0. The van der Waals surface area contributed by atoms with Crippen LogP contribution >= 0.6 is 18.5 Å². The summed E-state index contributed by atoms with van der Waals surface area (Å²) in [7, 11) is -0.215. The second-order valence-electron chi connectivity index (χ2n) is 8.37. The molecule has 1 aromatic carbocycles. The number of nitriles is 1. The molecular weight excluding hydrogens is 487 g/mol. The third kappa shape index (κ3) is 6.96. The van der Waals surface area contributed by atoms with Crippen LogP contribution in [-0.4, -0.2) is 36.5 Å². The molecule has 36 heavy (non-hydrogen) atoms. The largest absolute Gasteiger partial charge is 0.493 e. The summed E-state index contributed by atoms with van der Waals surface area (Å²) in [6.45, 7) is 17.9. The van der Waals surface area contributed by atoms with Gasteiger partial charge in [0.05, 0.1) is 23.8 Å². The fourth-order valence-electron chi connectivity index (χ4n) is 3.93. The van der Waals surface area contributed by atoms with Crippen LogP contribution in [0.2, 0.25) is 0 Å². The zero-order valence-corrected chi connectivity index (χ0v) is 23.8. The molecule has 0 aliphatic rings. The van der Waals surface area contributed by atoms with Crippen LogP contribution in [0.15, 0.2) is 63.5 Å². The van der Waals surface area contributed by atoms with Gasteiger partial charge in [-0.1, -0.05) is 18.0 Å². The van der Waals surface area contributed by atoms with Gasteiger partial charge in [-0.3, -0.25) is 9.98 Å².